The Balaban J connectivity index is 0.854. The van der Waals surface area contributed by atoms with Crippen molar-refractivity contribution in [2.45, 2.75) is 89.8 Å². The van der Waals surface area contributed by atoms with E-state index in [2.05, 4.69) is 20.8 Å². The van der Waals surface area contributed by atoms with E-state index in [1.54, 1.807) is 53.7 Å². The van der Waals surface area contributed by atoms with E-state index in [0.717, 1.165) is 0 Å². The van der Waals surface area contributed by atoms with Crippen LogP contribution >= 0.6 is 0 Å². The number of nitrogens with one attached hydrogen (secondary N) is 2. The third-order valence-electron chi connectivity index (χ3n) is 10.7. The average molecular weight is 899 g/mol. The van der Waals surface area contributed by atoms with Crippen LogP contribution < -0.4 is 10.6 Å². The molecule has 8 heterocycles. The van der Waals surface area contributed by atoms with Crippen molar-refractivity contribution in [2.75, 3.05) is 52.4 Å². The molecule has 0 radical (unpaired) electrons. The zero-order valence-corrected chi connectivity index (χ0v) is 36.4. The summed E-state index contributed by atoms with van der Waals surface area (Å²) in [6.45, 7) is 12.3. The molecular weight excluding hydrogens is 849 g/mol. The second-order valence-electron chi connectivity index (χ2n) is 18.0. The number of carbonyl (C=O) groups excluding carboxylic acids is 6. The van der Waals surface area contributed by atoms with Crippen LogP contribution in [0.15, 0.2) is 36.7 Å². The molecule has 4 saturated heterocycles. The molecule has 340 valence electrons. The number of ether oxygens (including phenoxy) is 2. The number of hydrogen-bond donors (Lipinski definition) is 2. The van der Waals surface area contributed by atoms with Gasteiger partial charge in [-0.15, -0.1) is 8.57 Å². The van der Waals surface area contributed by atoms with Gasteiger partial charge in [-0.2, -0.15) is 28.7 Å². The van der Waals surface area contributed by atoms with Gasteiger partial charge in [-0.3, -0.25) is 9.59 Å². The number of fused-ring (bicyclic) bond motifs is 4. The summed E-state index contributed by atoms with van der Waals surface area (Å²) in [5, 5.41) is 15.8. The highest BCUT2D eigenvalue weighted by molar-refractivity contribution is 7.81. The number of hydrogen-bond acceptors (Lipinski definition) is 14. The highest BCUT2D eigenvalue weighted by Crippen LogP contribution is 2.31. The molecule has 4 atom stereocenters. The van der Waals surface area contributed by atoms with Gasteiger partial charge < -0.3 is 39.7 Å². The monoisotopic (exact) mass is 898 g/mol. The molecule has 8 rings (SSSR count). The van der Waals surface area contributed by atoms with Gasteiger partial charge in [0.25, 0.3) is 11.8 Å². The lowest BCUT2D eigenvalue weighted by atomic mass is 10.2. The molecule has 2 unspecified atom stereocenters. The number of rotatable bonds is 10. The van der Waals surface area contributed by atoms with Crippen LogP contribution in [0.3, 0.4) is 0 Å². The fraction of sp³-hybridized carbons (Fsp3) is 0.579. The molecule has 4 fully saturated rings. The summed E-state index contributed by atoms with van der Waals surface area (Å²) in [7, 11) is -5.05. The number of amides is 8. The summed E-state index contributed by atoms with van der Waals surface area (Å²) < 4.78 is 50.6. The second kappa shape index (κ2) is 16.2. The first kappa shape index (κ1) is 43.4. The summed E-state index contributed by atoms with van der Waals surface area (Å²) in [5.41, 5.74) is -0.167. The van der Waals surface area contributed by atoms with Gasteiger partial charge in [0.1, 0.15) is 23.3 Å². The quantitative estimate of drug-likeness (QED) is 0.341. The lowest BCUT2D eigenvalue weighted by Gasteiger charge is -2.24. The van der Waals surface area contributed by atoms with Crippen LogP contribution in [0, 0.1) is 0 Å². The fourth-order valence-corrected chi connectivity index (χ4v) is 8.69. The lowest BCUT2D eigenvalue weighted by molar-refractivity contribution is -0.0723. The molecule has 8 amide bonds. The average Bonchev–Trinajstić information content (AvgIpc) is 4.06. The first-order chi connectivity index (χ1) is 29.6. The Morgan fingerprint density at radius 3 is 1.43 bits per heavy atom. The van der Waals surface area contributed by atoms with Gasteiger partial charge in [0.05, 0.1) is 24.5 Å². The summed E-state index contributed by atoms with van der Waals surface area (Å²) in [6, 6.07) is -0.959. The van der Waals surface area contributed by atoms with Gasteiger partial charge in [0.2, 0.25) is 0 Å². The molecule has 63 heavy (non-hydrogen) atoms. The minimum Gasteiger partial charge on any atom is -0.444 e. The van der Waals surface area contributed by atoms with Crippen molar-refractivity contribution in [3.8, 4) is 0 Å². The zero-order valence-electron chi connectivity index (χ0n) is 35.6. The first-order valence-corrected chi connectivity index (χ1v) is 21.8. The standard InChI is InChI=1S/C38H50N12O12S/c1-37(2,3)59-35(55)43-11-7-23(17-43)39-31(51)29-9-13-47(41-29)25-15-27-21-45(19-25)33(53)49(27)61-63(57,58)62-50-28-16-26(20-46(22-28)34(50)54)48-14-10-30(42-48)32(52)40-24-8-12-44(18-24)36(56)60-38(4,5)6/h9-10,13-16,23-24,27-28H,7-8,11-12,17-22H2,1-6H3,(H,39,51)(H,40,52)/t23-,24-,27?,28?/m1/s1. The van der Waals surface area contributed by atoms with Crippen molar-refractivity contribution in [1.29, 1.82) is 0 Å². The minimum absolute atomic E-state index is 0.0195. The van der Waals surface area contributed by atoms with Crippen molar-refractivity contribution >= 4 is 57.9 Å². The second-order valence-corrected chi connectivity index (χ2v) is 19.2. The SMILES string of the molecule is CC(C)(C)OC(=O)N1CC[C@@H](NC(=O)c2ccn(C3=CC4CN(C3)C(=O)N4OS(=O)(=O)ON3C(=O)N4CC(n5ccc(C(=O)N[C@@H]6CCN(C(=O)OC(C)(C)C)C6)n5)=CC3C4)n2)C1. The minimum atomic E-state index is -5.05. The summed E-state index contributed by atoms with van der Waals surface area (Å²) in [5.74, 6) is -0.916. The maximum atomic E-state index is 13.3. The first-order valence-electron chi connectivity index (χ1n) is 20.5. The number of nitrogens with zero attached hydrogens (tertiary/aromatic N) is 10. The van der Waals surface area contributed by atoms with E-state index in [1.807, 2.05) is 0 Å². The van der Waals surface area contributed by atoms with Gasteiger partial charge in [0, 0.05) is 63.7 Å². The maximum Gasteiger partial charge on any atom is 0.442 e. The third kappa shape index (κ3) is 9.58. The van der Waals surface area contributed by atoms with Crippen LogP contribution in [0.25, 0.3) is 11.4 Å². The largest absolute Gasteiger partial charge is 0.444 e. The van der Waals surface area contributed by atoms with Gasteiger partial charge in [-0.05, 0) is 78.7 Å². The Hall–Kier alpha value is -6.21. The zero-order chi connectivity index (χ0) is 45.2. The molecule has 4 bridgehead atoms. The normalized spacial score (nSPS) is 23.7. The molecule has 2 N–H and O–H groups in total. The van der Waals surface area contributed by atoms with E-state index in [-0.39, 0.29) is 62.7 Å². The topological polar surface area (TPSA) is 253 Å². The van der Waals surface area contributed by atoms with E-state index in [1.165, 1.54) is 53.5 Å². The Kier molecular flexibility index (Phi) is 11.1. The highest BCUT2D eigenvalue weighted by atomic mass is 32.3. The predicted molar refractivity (Wildman–Crippen MR) is 217 cm³/mol. The van der Waals surface area contributed by atoms with Gasteiger partial charge in [0.15, 0.2) is 11.4 Å². The van der Waals surface area contributed by atoms with Crippen LogP contribution in [-0.2, 0) is 28.4 Å². The Labute approximate surface area is 362 Å². The van der Waals surface area contributed by atoms with E-state index < -0.39 is 69.7 Å². The number of carbonyl (C=O) groups is 6. The van der Waals surface area contributed by atoms with Crippen molar-refractivity contribution < 1.29 is 55.2 Å². The summed E-state index contributed by atoms with van der Waals surface area (Å²) in [4.78, 5) is 83.4. The Morgan fingerprint density at radius 2 is 1.05 bits per heavy atom. The van der Waals surface area contributed by atoms with Crippen LogP contribution in [-0.4, -0.2) is 181 Å². The number of urea groups is 2. The molecule has 2 aromatic rings. The smallest absolute Gasteiger partial charge is 0.442 e. The molecule has 6 aliphatic rings. The number of aromatic nitrogens is 4. The van der Waals surface area contributed by atoms with Crippen molar-refractivity contribution in [2.24, 2.45) is 0 Å². The summed E-state index contributed by atoms with van der Waals surface area (Å²) in [6.07, 6.45) is 6.41. The maximum absolute atomic E-state index is 13.3. The third-order valence-corrected chi connectivity index (χ3v) is 11.4. The van der Waals surface area contributed by atoms with Gasteiger partial charge in [-0.1, -0.05) is 0 Å². The molecule has 0 saturated carbocycles. The van der Waals surface area contributed by atoms with E-state index in [4.69, 9.17) is 18.0 Å². The Morgan fingerprint density at radius 1 is 0.651 bits per heavy atom. The number of likely N-dealkylation sites (tertiary alicyclic amines) is 2. The van der Waals surface area contributed by atoms with Crippen LogP contribution in [0.2, 0.25) is 0 Å². The molecule has 6 aliphatic heterocycles. The molecule has 25 heteroatoms. The van der Waals surface area contributed by atoms with Crippen LogP contribution in [0.4, 0.5) is 19.2 Å². The van der Waals surface area contributed by atoms with Crippen molar-refractivity contribution in [1.82, 2.24) is 59.9 Å². The van der Waals surface area contributed by atoms with Gasteiger partial charge in [-0.25, -0.2) is 28.5 Å². The molecule has 0 aromatic carbocycles. The van der Waals surface area contributed by atoms with Gasteiger partial charge >= 0.3 is 34.6 Å². The van der Waals surface area contributed by atoms with Crippen LogP contribution in [0.5, 0.6) is 0 Å². The molecule has 0 aliphatic carbocycles. The highest BCUT2D eigenvalue weighted by Gasteiger charge is 2.48. The molecule has 0 spiro atoms. The molecule has 24 nitrogen and oxygen atoms in total. The molecule has 2 aromatic heterocycles. The van der Waals surface area contributed by atoms with E-state index in [0.29, 0.717) is 47.5 Å². The fourth-order valence-electron chi connectivity index (χ4n) is 7.92. The molecular formula is C38H50N12O12S. The Bertz CT molecular complexity index is 2230. The predicted octanol–water partition coefficient (Wildman–Crippen LogP) is 1.29. The number of hydroxylamine groups is 4. The van der Waals surface area contributed by atoms with E-state index in [9.17, 15) is 37.2 Å². The van der Waals surface area contributed by atoms with E-state index >= 15 is 0 Å². The summed E-state index contributed by atoms with van der Waals surface area (Å²) >= 11 is 0. The van der Waals surface area contributed by atoms with Crippen molar-refractivity contribution in [3.63, 3.8) is 0 Å². The lowest BCUT2D eigenvalue weighted by Crippen LogP contribution is -2.40. The van der Waals surface area contributed by atoms with Crippen molar-refractivity contribution in [3.05, 3.63) is 48.1 Å². The van der Waals surface area contributed by atoms with Crippen LogP contribution in [0.1, 0.15) is 75.4 Å².